The topological polar surface area (TPSA) is 46.5 Å². The number of thioether (sulfide) groups is 1. The van der Waals surface area contributed by atoms with Crippen LogP contribution in [0.5, 0.6) is 5.75 Å². The molecule has 110 valence electrons. The smallest absolute Gasteiger partial charge is 0.336 e. The van der Waals surface area contributed by atoms with Crippen LogP contribution in [0.25, 0.3) is 0 Å². The zero-order chi connectivity index (χ0) is 15.2. The first-order valence-corrected chi connectivity index (χ1v) is 8.26. The molecule has 0 fully saturated rings. The lowest BCUT2D eigenvalue weighted by molar-refractivity contribution is 0.0695. The molecule has 0 saturated heterocycles. The minimum absolute atomic E-state index is 0.263. The molecule has 6 heteroatoms. The van der Waals surface area contributed by atoms with Crippen molar-refractivity contribution in [3.05, 3.63) is 57.5 Å². The Morgan fingerprint density at radius 2 is 1.95 bits per heavy atom. The van der Waals surface area contributed by atoms with Gasteiger partial charge in [0.1, 0.15) is 5.75 Å². The van der Waals surface area contributed by atoms with Crippen LogP contribution in [0.4, 0.5) is 0 Å². The zero-order valence-electron chi connectivity index (χ0n) is 10.9. The van der Waals surface area contributed by atoms with Gasteiger partial charge in [-0.3, -0.25) is 0 Å². The van der Waals surface area contributed by atoms with Crippen LogP contribution in [-0.4, -0.2) is 23.4 Å². The fraction of sp³-hybridized carbons (Fsp3) is 0.133. The summed E-state index contributed by atoms with van der Waals surface area (Å²) in [4.78, 5) is 11.9. The number of hydrogen-bond acceptors (Lipinski definition) is 3. The number of rotatable bonds is 6. The maximum atomic E-state index is 11.0. The molecule has 0 radical (unpaired) electrons. The van der Waals surface area contributed by atoms with Crippen molar-refractivity contribution in [2.24, 2.45) is 0 Å². The maximum Gasteiger partial charge on any atom is 0.336 e. The van der Waals surface area contributed by atoms with E-state index in [0.717, 1.165) is 16.4 Å². The summed E-state index contributed by atoms with van der Waals surface area (Å²) in [5.41, 5.74) is 0.263. The van der Waals surface area contributed by atoms with Crippen LogP contribution in [0.3, 0.4) is 0 Å². The van der Waals surface area contributed by atoms with Gasteiger partial charge in [0.05, 0.1) is 12.2 Å². The number of ether oxygens (including phenoxy) is 1. The molecule has 0 aliphatic carbocycles. The van der Waals surface area contributed by atoms with E-state index in [1.165, 1.54) is 0 Å². The lowest BCUT2D eigenvalue weighted by Crippen LogP contribution is -2.01. The second kappa shape index (κ2) is 7.73. The van der Waals surface area contributed by atoms with Gasteiger partial charge < -0.3 is 9.84 Å². The molecule has 0 atom stereocenters. The minimum Gasteiger partial charge on any atom is -0.493 e. The van der Waals surface area contributed by atoms with Crippen molar-refractivity contribution < 1.29 is 14.6 Å². The van der Waals surface area contributed by atoms with Gasteiger partial charge in [0.2, 0.25) is 0 Å². The van der Waals surface area contributed by atoms with Crippen LogP contribution in [0.2, 0.25) is 5.02 Å². The van der Waals surface area contributed by atoms with E-state index in [1.807, 2.05) is 18.2 Å². The predicted octanol–water partition coefficient (Wildman–Crippen LogP) is 4.97. The SMILES string of the molecule is O=C(O)c1cc(SCCOc2ccc(Cl)cc2)ccc1Br. The van der Waals surface area contributed by atoms with Crippen molar-refractivity contribution in [1.29, 1.82) is 0 Å². The maximum absolute atomic E-state index is 11.0. The summed E-state index contributed by atoms with van der Waals surface area (Å²) in [5, 5.41) is 9.73. The van der Waals surface area contributed by atoms with Gasteiger partial charge in [-0.25, -0.2) is 4.79 Å². The third-order valence-corrected chi connectivity index (χ3v) is 4.50. The van der Waals surface area contributed by atoms with Crippen molar-refractivity contribution >= 4 is 45.3 Å². The Bertz CT molecular complexity index is 631. The van der Waals surface area contributed by atoms with Crippen LogP contribution in [0, 0.1) is 0 Å². The highest BCUT2D eigenvalue weighted by Crippen LogP contribution is 2.25. The first-order valence-electron chi connectivity index (χ1n) is 6.10. The molecule has 3 nitrogen and oxygen atoms in total. The third kappa shape index (κ3) is 4.95. The van der Waals surface area contributed by atoms with Gasteiger partial charge in [0.15, 0.2) is 0 Å². The van der Waals surface area contributed by atoms with Gasteiger partial charge in [-0.1, -0.05) is 11.6 Å². The molecule has 0 saturated carbocycles. The molecule has 0 bridgehead atoms. The summed E-state index contributed by atoms with van der Waals surface area (Å²) in [6.07, 6.45) is 0. The largest absolute Gasteiger partial charge is 0.493 e. The summed E-state index contributed by atoms with van der Waals surface area (Å²) in [5.74, 6) is 0.548. The Morgan fingerprint density at radius 1 is 1.24 bits per heavy atom. The van der Waals surface area contributed by atoms with E-state index < -0.39 is 5.97 Å². The number of carbonyl (C=O) groups is 1. The normalized spacial score (nSPS) is 10.4. The molecule has 0 aliphatic rings. The second-order valence-corrected chi connectivity index (χ2v) is 6.56. The number of aromatic carboxylic acids is 1. The van der Waals surface area contributed by atoms with Crippen LogP contribution in [0.15, 0.2) is 51.8 Å². The first kappa shape index (κ1) is 16.2. The molecule has 0 unspecified atom stereocenters. The van der Waals surface area contributed by atoms with E-state index in [1.54, 1.807) is 36.0 Å². The summed E-state index contributed by atoms with van der Waals surface area (Å²) in [7, 11) is 0. The van der Waals surface area contributed by atoms with Crippen LogP contribution >= 0.6 is 39.3 Å². The number of halogens is 2. The van der Waals surface area contributed by atoms with Crippen molar-refractivity contribution in [2.45, 2.75) is 4.90 Å². The number of carboxylic acid groups (broad SMARTS) is 1. The van der Waals surface area contributed by atoms with Crippen LogP contribution in [0.1, 0.15) is 10.4 Å². The summed E-state index contributed by atoms with van der Waals surface area (Å²) >= 11 is 10.6. The molecule has 2 aromatic rings. The highest BCUT2D eigenvalue weighted by molar-refractivity contribution is 9.10. The fourth-order valence-corrected chi connectivity index (χ4v) is 2.92. The van der Waals surface area contributed by atoms with Crippen molar-refractivity contribution in [1.82, 2.24) is 0 Å². The van der Waals surface area contributed by atoms with E-state index in [9.17, 15) is 4.79 Å². The highest BCUT2D eigenvalue weighted by atomic mass is 79.9. The van der Waals surface area contributed by atoms with E-state index in [2.05, 4.69) is 15.9 Å². The molecule has 21 heavy (non-hydrogen) atoms. The highest BCUT2D eigenvalue weighted by Gasteiger charge is 2.09. The van der Waals surface area contributed by atoms with E-state index >= 15 is 0 Å². The van der Waals surface area contributed by atoms with E-state index in [4.69, 9.17) is 21.4 Å². The molecule has 0 amide bonds. The monoisotopic (exact) mass is 386 g/mol. The Hall–Kier alpha value is -1.17. The summed E-state index contributed by atoms with van der Waals surface area (Å²) in [6, 6.07) is 12.5. The predicted molar refractivity (Wildman–Crippen MR) is 88.8 cm³/mol. The molecule has 0 heterocycles. The summed E-state index contributed by atoms with van der Waals surface area (Å²) < 4.78 is 6.16. The number of carboxylic acids is 1. The Balaban J connectivity index is 1.85. The minimum atomic E-state index is -0.943. The fourth-order valence-electron chi connectivity index (χ4n) is 1.61. The number of benzene rings is 2. The molecule has 1 N–H and O–H groups in total. The molecule has 0 spiro atoms. The van der Waals surface area contributed by atoms with Gasteiger partial charge in [-0.15, -0.1) is 11.8 Å². The zero-order valence-corrected chi connectivity index (χ0v) is 14.0. The molecule has 0 aliphatic heterocycles. The third-order valence-electron chi connectivity index (χ3n) is 2.60. The van der Waals surface area contributed by atoms with Crippen molar-refractivity contribution in [3.8, 4) is 5.75 Å². The van der Waals surface area contributed by atoms with Crippen LogP contribution < -0.4 is 4.74 Å². The molecular formula is C15H12BrClO3S. The van der Waals surface area contributed by atoms with Gasteiger partial charge in [0.25, 0.3) is 0 Å². The average Bonchev–Trinajstić information content (AvgIpc) is 2.46. The van der Waals surface area contributed by atoms with Gasteiger partial charge in [0, 0.05) is 20.1 Å². The van der Waals surface area contributed by atoms with Gasteiger partial charge >= 0.3 is 5.97 Å². The Morgan fingerprint density at radius 3 is 2.62 bits per heavy atom. The molecule has 2 aromatic carbocycles. The molecular weight excluding hydrogens is 376 g/mol. The molecule has 0 aromatic heterocycles. The lowest BCUT2D eigenvalue weighted by Gasteiger charge is -2.07. The first-order chi connectivity index (χ1) is 10.1. The lowest BCUT2D eigenvalue weighted by atomic mass is 10.2. The Kier molecular flexibility index (Phi) is 5.96. The van der Waals surface area contributed by atoms with Gasteiger partial charge in [-0.05, 0) is 58.4 Å². The quantitative estimate of drug-likeness (QED) is 0.561. The second-order valence-electron chi connectivity index (χ2n) is 4.10. The molecule has 2 rings (SSSR count). The van der Waals surface area contributed by atoms with Crippen molar-refractivity contribution in [3.63, 3.8) is 0 Å². The Labute approximate surface area is 140 Å². The van der Waals surface area contributed by atoms with E-state index in [0.29, 0.717) is 16.1 Å². The van der Waals surface area contributed by atoms with Gasteiger partial charge in [-0.2, -0.15) is 0 Å². The van der Waals surface area contributed by atoms with E-state index in [-0.39, 0.29) is 5.56 Å². The van der Waals surface area contributed by atoms with Crippen LogP contribution in [-0.2, 0) is 0 Å². The summed E-state index contributed by atoms with van der Waals surface area (Å²) in [6.45, 7) is 0.533. The standard InChI is InChI=1S/C15H12BrClO3S/c16-14-6-5-12(9-13(14)15(18)19)21-8-7-20-11-3-1-10(17)2-4-11/h1-6,9H,7-8H2,(H,18,19). The van der Waals surface area contributed by atoms with Crippen molar-refractivity contribution in [2.75, 3.05) is 12.4 Å². The average molecular weight is 388 g/mol. The number of hydrogen-bond donors (Lipinski definition) is 1.